The molecule has 0 unspecified atom stereocenters. The molecule has 2 aliphatic heterocycles. The van der Waals surface area contributed by atoms with Gasteiger partial charge < -0.3 is 18.9 Å². The molecule has 5 aromatic rings. The molecule has 1 fully saturated rings. The third kappa shape index (κ3) is 4.38. The number of methoxy groups -OCH3 is 2. The highest BCUT2D eigenvalue weighted by atomic mass is 32.2. The molecular weight excluding hydrogens is 637 g/mol. The van der Waals surface area contributed by atoms with Crippen molar-refractivity contribution >= 4 is 28.6 Å². The van der Waals surface area contributed by atoms with Crippen LogP contribution < -0.4 is 18.9 Å². The van der Waals surface area contributed by atoms with Crippen molar-refractivity contribution in [2.45, 2.75) is 75.2 Å². The minimum atomic E-state index is -0.873. The van der Waals surface area contributed by atoms with Gasteiger partial charge in [-0.25, -0.2) is 0 Å². The van der Waals surface area contributed by atoms with Gasteiger partial charge in [0, 0.05) is 32.9 Å². The number of hydrogen-bond acceptors (Lipinski definition) is 5. The molecule has 0 N–H and O–H groups in total. The third-order valence-electron chi connectivity index (χ3n) is 12.1. The molecule has 0 bridgehead atoms. The van der Waals surface area contributed by atoms with E-state index in [9.17, 15) is 0 Å². The molecule has 50 heavy (non-hydrogen) atoms. The molecule has 4 aliphatic rings. The highest BCUT2D eigenvalue weighted by Crippen LogP contribution is 2.68. The summed E-state index contributed by atoms with van der Waals surface area (Å²) < 4.78 is 26.0. The van der Waals surface area contributed by atoms with Crippen LogP contribution in [0, 0.1) is 10.8 Å². The van der Waals surface area contributed by atoms with Crippen LogP contribution >= 0.6 is 11.8 Å². The molecule has 0 amide bonds. The molecule has 2 heterocycles. The van der Waals surface area contributed by atoms with Crippen molar-refractivity contribution in [3.63, 3.8) is 0 Å². The molecule has 2 aliphatic carbocycles. The monoisotopic (exact) mass is 680 g/mol. The van der Waals surface area contributed by atoms with Crippen LogP contribution in [0.3, 0.4) is 0 Å². The number of hydrogen-bond donors (Lipinski definition) is 0. The van der Waals surface area contributed by atoms with Crippen molar-refractivity contribution in [1.82, 2.24) is 0 Å². The Kier molecular flexibility index (Phi) is 7.00. The van der Waals surface area contributed by atoms with Crippen LogP contribution in [0.15, 0.2) is 95.9 Å². The standard InChI is InChI=1S/C45H44O4S/c1-42(2)23-9-24-43(3,4)45(42)48-38-26-37-36(27-39(38)50-45)40-33-11-8-7-10-28(33)12-21-34(40)35-22-25-44(49-41(35)37,29-13-17-31(46-5)18-14-29)30-15-19-32(47-6)20-16-30/h7-8,10-11,13-20,22,25-27H,9,12,21,23-24H2,1-6H3. The number of rotatable bonds is 4. The number of aryl methyl sites for hydroxylation is 1. The van der Waals surface area contributed by atoms with E-state index in [1.807, 2.05) is 36.0 Å². The highest BCUT2D eigenvalue weighted by Gasteiger charge is 2.62. The summed E-state index contributed by atoms with van der Waals surface area (Å²) in [5, 5.41) is 2.33. The van der Waals surface area contributed by atoms with Gasteiger partial charge in [0.05, 0.1) is 19.1 Å². The third-order valence-corrected chi connectivity index (χ3v) is 14.1. The second kappa shape index (κ2) is 11.1. The van der Waals surface area contributed by atoms with E-state index in [0.29, 0.717) is 0 Å². The Morgan fingerprint density at radius 2 is 1.34 bits per heavy atom. The summed E-state index contributed by atoms with van der Waals surface area (Å²) in [5.74, 6) is 3.50. The Balaban J connectivity index is 1.31. The average molecular weight is 681 g/mol. The molecule has 5 heteroatoms. The lowest BCUT2D eigenvalue weighted by Gasteiger charge is -2.55. The van der Waals surface area contributed by atoms with Crippen molar-refractivity contribution in [2.75, 3.05) is 14.2 Å². The number of benzene rings is 5. The molecule has 0 saturated heterocycles. The van der Waals surface area contributed by atoms with E-state index in [1.165, 1.54) is 44.5 Å². The van der Waals surface area contributed by atoms with Crippen LogP contribution in [-0.4, -0.2) is 19.2 Å². The van der Waals surface area contributed by atoms with Gasteiger partial charge in [0.1, 0.15) is 23.0 Å². The van der Waals surface area contributed by atoms with Gasteiger partial charge in [-0.3, -0.25) is 0 Å². The van der Waals surface area contributed by atoms with Crippen molar-refractivity contribution in [2.24, 2.45) is 10.8 Å². The predicted molar refractivity (Wildman–Crippen MR) is 204 cm³/mol. The number of ether oxygens (including phenoxy) is 4. The summed E-state index contributed by atoms with van der Waals surface area (Å²) in [6.45, 7) is 9.60. The summed E-state index contributed by atoms with van der Waals surface area (Å²) >= 11 is 1.96. The number of thioether (sulfide) groups is 1. The Morgan fingerprint density at radius 1 is 0.700 bits per heavy atom. The van der Waals surface area contributed by atoms with E-state index in [2.05, 4.69) is 101 Å². The summed E-state index contributed by atoms with van der Waals surface area (Å²) in [4.78, 5) is 0.876. The van der Waals surface area contributed by atoms with Crippen LogP contribution in [0.2, 0.25) is 0 Å². The fourth-order valence-electron chi connectivity index (χ4n) is 9.44. The highest BCUT2D eigenvalue weighted by molar-refractivity contribution is 8.01. The number of fused-ring (bicyclic) bond motifs is 9. The SMILES string of the molecule is COc1ccc(C2(c3ccc(OC)cc3)C=Cc3c4c(c5cc6c(cc5c3O2)OC2(S6)C(C)(C)CCCC2(C)C)-c2ccccc2CC4)cc1. The summed E-state index contributed by atoms with van der Waals surface area (Å²) in [6.07, 6.45) is 10.0. The Morgan fingerprint density at radius 3 is 1.98 bits per heavy atom. The lowest BCUT2D eigenvalue weighted by atomic mass is 9.62. The van der Waals surface area contributed by atoms with Gasteiger partial charge in [-0.15, -0.1) is 0 Å². The first-order valence-corrected chi connectivity index (χ1v) is 18.7. The molecule has 4 nitrogen and oxygen atoms in total. The van der Waals surface area contributed by atoms with Gasteiger partial charge in [-0.2, -0.15) is 0 Å². The van der Waals surface area contributed by atoms with Gasteiger partial charge in [0.25, 0.3) is 0 Å². The van der Waals surface area contributed by atoms with Crippen LogP contribution in [0.4, 0.5) is 0 Å². The zero-order valence-corrected chi connectivity index (χ0v) is 30.6. The topological polar surface area (TPSA) is 36.9 Å². The van der Waals surface area contributed by atoms with Gasteiger partial charge in [0.15, 0.2) is 10.5 Å². The van der Waals surface area contributed by atoms with Crippen molar-refractivity contribution in [3.8, 4) is 34.1 Å². The van der Waals surface area contributed by atoms with E-state index in [0.717, 1.165) is 65.2 Å². The minimum Gasteiger partial charge on any atom is -0.497 e. The van der Waals surface area contributed by atoms with E-state index in [-0.39, 0.29) is 15.8 Å². The first kappa shape index (κ1) is 31.6. The Labute approximate surface area is 299 Å². The van der Waals surface area contributed by atoms with Crippen LogP contribution in [0.1, 0.15) is 74.8 Å². The molecule has 0 aromatic heterocycles. The van der Waals surface area contributed by atoms with E-state index in [1.54, 1.807) is 14.2 Å². The van der Waals surface area contributed by atoms with E-state index in [4.69, 9.17) is 18.9 Å². The van der Waals surface area contributed by atoms with E-state index < -0.39 is 5.60 Å². The molecule has 0 radical (unpaired) electrons. The van der Waals surface area contributed by atoms with Gasteiger partial charge in [-0.1, -0.05) is 100 Å². The van der Waals surface area contributed by atoms with Crippen molar-refractivity contribution in [3.05, 3.63) is 119 Å². The van der Waals surface area contributed by atoms with Crippen LogP contribution in [-0.2, 0) is 18.4 Å². The second-order valence-corrected chi connectivity index (χ2v) is 16.9. The molecule has 1 saturated carbocycles. The first-order valence-electron chi connectivity index (χ1n) is 17.9. The molecule has 1 spiro atoms. The maximum Gasteiger partial charge on any atom is 0.178 e. The average Bonchev–Trinajstić information content (AvgIpc) is 3.54. The molecular formula is C45H44O4S. The quantitative estimate of drug-likeness (QED) is 0.189. The second-order valence-electron chi connectivity index (χ2n) is 15.7. The molecule has 9 rings (SSSR count). The lowest BCUT2D eigenvalue weighted by Crippen LogP contribution is -2.57. The van der Waals surface area contributed by atoms with Gasteiger partial charge >= 0.3 is 0 Å². The summed E-state index contributed by atoms with van der Waals surface area (Å²) in [5.41, 5.74) is 7.79. The molecule has 0 atom stereocenters. The molecule has 5 aromatic carbocycles. The fraction of sp³-hybridized carbons (Fsp3) is 0.333. The smallest absolute Gasteiger partial charge is 0.178 e. The fourth-order valence-corrected chi connectivity index (χ4v) is 11.0. The predicted octanol–water partition coefficient (Wildman–Crippen LogP) is 11.4. The van der Waals surface area contributed by atoms with Crippen LogP contribution in [0.25, 0.3) is 28.0 Å². The summed E-state index contributed by atoms with van der Waals surface area (Å²) in [7, 11) is 3.40. The maximum absolute atomic E-state index is 7.55. The Hall–Kier alpha value is -4.35. The van der Waals surface area contributed by atoms with Crippen molar-refractivity contribution in [1.29, 1.82) is 0 Å². The van der Waals surface area contributed by atoms with Crippen LogP contribution in [0.5, 0.6) is 23.0 Å². The summed E-state index contributed by atoms with van der Waals surface area (Å²) in [6, 6.07) is 30.2. The largest absolute Gasteiger partial charge is 0.497 e. The first-order chi connectivity index (χ1) is 24.1. The maximum atomic E-state index is 7.55. The van der Waals surface area contributed by atoms with Gasteiger partial charge in [0.2, 0.25) is 0 Å². The molecule has 254 valence electrons. The normalized spacial score (nSPS) is 19.8. The van der Waals surface area contributed by atoms with E-state index >= 15 is 0 Å². The lowest BCUT2D eigenvalue weighted by molar-refractivity contribution is -0.0821. The zero-order valence-electron chi connectivity index (χ0n) is 29.8. The zero-order chi connectivity index (χ0) is 34.5. The minimum absolute atomic E-state index is 0.00714. The van der Waals surface area contributed by atoms with Crippen molar-refractivity contribution < 1.29 is 18.9 Å². The Bertz CT molecular complexity index is 2130. The van der Waals surface area contributed by atoms with Gasteiger partial charge in [-0.05, 0) is 95.8 Å².